The molecule has 0 atom stereocenters. The number of carbonyl (C=O) groups excluding carboxylic acids is 3. The van der Waals surface area contributed by atoms with Crippen LogP contribution in [0.5, 0.6) is 0 Å². The molecule has 0 bridgehead atoms. The van der Waals surface area contributed by atoms with Gasteiger partial charge in [-0.3, -0.25) is 29.0 Å². The Kier molecular flexibility index (Phi) is 9.47. The number of aromatic nitrogens is 6. The standard InChI is InChI=1S/C38H34F3N9O3/c1-3-23-16-29-32(6-10-44-33(29)30(17-23)36(52)46-12-11-45-35(51)25-4-8-42-9-5-25)50-14-7-26-27(31-21-48(2)47-34(31)38(39,40)41)18-24(19-28(26)37(50)53)20-49-15-13-43-22-49/h4-6,8-10,13,15-19,21-22H,3,7,11-12,14,20H2,1-2H3,(H,45,51)(H,46,52). The number of pyridine rings is 2. The van der Waals surface area contributed by atoms with E-state index in [2.05, 4.69) is 30.7 Å². The van der Waals surface area contributed by atoms with Crippen molar-refractivity contribution in [2.24, 2.45) is 7.05 Å². The van der Waals surface area contributed by atoms with Crippen LogP contribution in [0.4, 0.5) is 18.9 Å². The first-order valence-corrected chi connectivity index (χ1v) is 16.9. The summed E-state index contributed by atoms with van der Waals surface area (Å²) < 4.78 is 45.5. The van der Waals surface area contributed by atoms with Gasteiger partial charge in [-0.2, -0.15) is 18.3 Å². The van der Waals surface area contributed by atoms with E-state index in [0.29, 0.717) is 50.8 Å². The second kappa shape index (κ2) is 14.3. The van der Waals surface area contributed by atoms with Crippen molar-refractivity contribution in [3.8, 4) is 11.1 Å². The van der Waals surface area contributed by atoms with Crippen LogP contribution in [0.25, 0.3) is 22.0 Å². The molecule has 5 heterocycles. The number of alkyl halides is 3. The average molecular weight is 722 g/mol. The van der Waals surface area contributed by atoms with Gasteiger partial charge >= 0.3 is 6.18 Å². The molecule has 6 aromatic rings. The van der Waals surface area contributed by atoms with Crippen molar-refractivity contribution >= 4 is 34.3 Å². The lowest BCUT2D eigenvalue weighted by Crippen LogP contribution is -2.38. The van der Waals surface area contributed by atoms with Gasteiger partial charge in [-0.05, 0) is 77.6 Å². The first kappa shape index (κ1) is 35.0. The number of anilines is 1. The molecule has 0 saturated heterocycles. The van der Waals surface area contributed by atoms with E-state index in [-0.39, 0.29) is 55.5 Å². The van der Waals surface area contributed by atoms with Crippen LogP contribution < -0.4 is 15.5 Å². The molecule has 1 aliphatic rings. The molecule has 4 aromatic heterocycles. The molecular formula is C38H34F3N9O3. The highest BCUT2D eigenvalue weighted by Gasteiger charge is 2.39. The quantitative estimate of drug-likeness (QED) is 0.185. The summed E-state index contributed by atoms with van der Waals surface area (Å²) in [5, 5.41) is 9.94. The van der Waals surface area contributed by atoms with Crippen molar-refractivity contribution in [3.05, 3.63) is 125 Å². The highest BCUT2D eigenvalue weighted by Crippen LogP contribution is 2.41. The Balaban J connectivity index is 1.22. The van der Waals surface area contributed by atoms with Crippen molar-refractivity contribution in [2.75, 3.05) is 24.5 Å². The molecule has 0 aliphatic carbocycles. The summed E-state index contributed by atoms with van der Waals surface area (Å²) in [7, 11) is 1.43. The molecule has 3 amide bonds. The maximum Gasteiger partial charge on any atom is 0.435 e. The first-order valence-electron chi connectivity index (χ1n) is 16.9. The summed E-state index contributed by atoms with van der Waals surface area (Å²) in [6.07, 6.45) is 6.99. The van der Waals surface area contributed by atoms with Crippen LogP contribution in [0.15, 0.2) is 86.0 Å². The second-order valence-electron chi connectivity index (χ2n) is 12.6. The number of halogens is 3. The summed E-state index contributed by atoms with van der Waals surface area (Å²) in [5.41, 5.74) is 3.10. The lowest BCUT2D eigenvalue weighted by molar-refractivity contribution is -0.141. The van der Waals surface area contributed by atoms with Crippen LogP contribution >= 0.6 is 0 Å². The van der Waals surface area contributed by atoms with E-state index in [0.717, 1.165) is 10.2 Å². The van der Waals surface area contributed by atoms with E-state index in [1.165, 1.54) is 31.8 Å². The van der Waals surface area contributed by atoms with Gasteiger partial charge in [0.1, 0.15) is 0 Å². The number of imidazole rings is 1. The molecule has 0 saturated carbocycles. The Bertz CT molecular complexity index is 2340. The fourth-order valence-corrected chi connectivity index (χ4v) is 6.68. The van der Waals surface area contributed by atoms with Crippen molar-refractivity contribution in [1.29, 1.82) is 0 Å². The third kappa shape index (κ3) is 7.09. The lowest BCUT2D eigenvalue weighted by Gasteiger charge is -2.31. The van der Waals surface area contributed by atoms with Gasteiger partial charge in [0.25, 0.3) is 17.7 Å². The zero-order valence-corrected chi connectivity index (χ0v) is 28.8. The van der Waals surface area contributed by atoms with E-state index < -0.39 is 17.8 Å². The van der Waals surface area contributed by atoms with Gasteiger partial charge < -0.3 is 20.1 Å². The summed E-state index contributed by atoms with van der Waals surface area (Å²) in [4.78, 5) is 54.6. The van der Waals surface area contributed by atoms with Gasteiger partial charge in [0.15, 0.2) is 5.69 Å². The minimum absolute atomic E-state index is 0.0977. The second-order valence-corrected chi connectivity index (χ2v) is 12.6. The van der Waals surface area contributed by atoms with Gasteiger partial charge in [0, 0.05) is 92.5 Å². The normalized spacial score (nSPS) is 12.9. The Morgan fingerprint density at radius 1 is 0.887 bits per heavy atom. The van der Waals surface area contributed by atoms with Crippen LogP contribution in [0.1, 0.15) is 60.4 Å². The molecule has 270 valence electrons. The smallest absolute Gasteiger partial charge is 0.350 e. The molecule has 0 unspecified atom stereocenters. The first-order chi connectivity index (χ1) is 25.5. The molecule has 15 heteroatoms. The monoisotopic (exact) mass is 721 g/mol. The van der Waals surface area contributed by atoms with Gasteiger partial charge in [-0.25, -0.2) is 4.98 Å². The number of hydrogen-bond acceptors (Lipinski definition) is 7. The summed E-state index contributed by atoms with van der Waals surface area (Å²) >= 11 is 0. The molecule has 2 aromatic carbocycles. The van der Waals surface area contributed by atoms with Crippen LogP contribution in [-0.2, 0) is 32.6 Å². The van der Waals surface area contributed by atoms with E-state index >= 15 is 0 Å². The number of fused-ring (bicyclic) bond motifs is 2. The highest BCUT2D eigenvalue weighted by molar-refractivity contribution is 6.15. The predicted molar refractivity (Wildman–Crippen MR) is 190 cm³/mol. The third-order valence-electron chi connectivity index (χ3n) is 9.15. The minimum atomic E-state index is -4.71. The molecular weight excluding hydrogens is 687 g/mol. The van der Waals surface area contributed by atoms with Gasteiger partial charge in [0.05, 0.1) is 23.1 Å². The maximum atomic E-state index is 14.5. The number of nitrogens with one attached hydrogen (secondary N) is 2. The van der Waals surface area contributed by atoms with Crippen molar-refractivity contribution < 1.29 is 27.6 Å². The SMILES string of the molecule is CCc1cc(C(=O)NCCNC(=O)c2ccncc2)c2nccc(N3CCc4c(cc(Cn5ccnc5)cc4-c4cn(C)nc4C(F)(F)F)C3=O)c2c1. The number of nitrogens with zero attached hydrogens (tertiary/aromatic N) is 7. The third-order valence-corrected chi connectivity index (χ3v) is 9.15. The molecule has 2 N–H and O–H groups in total. The Hall–Kier alpha value is -6.38. The van der Waals surface area contributed by atoms with Gasteiger partial charge in [-0.15, -0.1) is 0 Å². The average Bonchev–Trinajstić information content (AvgIpc) is 3.82. The molecule has 12 nitrogen and oxygen atoms in total. The van der Waals surface area contributed by atoms with E-state index in [1.54, 1.807) is 64.6 Å². The Morgan fingerprint density at radius 2 is 1.64 bits per heavy atom. The van der Waals surface area contributed by atoms with E-state index in [9.17, 15) is 27.6 Å². The van der Waals surface area contributed by atoms with E-state index in [1.807, 2.05) is 13.0 Å². The number of rotatable bonds is 10. The maximum absolute atomic E-state index is 14.5. The molecule has 0 fully saturated rings. The largest absolute Gasteiger partial charge is 0.435 e. The molecule has 0 spiro atoms. The molecule has 0 radical (unpaired) electrons. The van der Waals surface area contributed by atoms with Gasteiger partial charge in [0.2, 0.25) is 0 Å². The van der Waals surface area contributed by atoms with Gasteiger partial charge in [-0.1, -0.05) is 6.92 Å². The zero-order chi connectivity index (χ0) is 37.3. The van der Waals surface area contributed by atoms with Crippen molar-refractivity contribution in [3.63, 3.8) is 0 Å². The number of hydrogen-bond donors (Lipinski definition) is 2. The fraction of sp³-hybridized carbons (Fsp3) is 0.237. The number of amides is 3. The van der Waals surface area contributed by atoms with Crippen molar-refractivity contribution in [2.45, 2.75) is 32.5 Å². The Morgan fingerprint density at radius 3 is 2.36 bits per heavy atom. The lowest BCUT2D eigenvalue weighted by atomic mass is 9.87. The fourth-order valence-electron chi connectivity index (χ4n) is 6.68. The molecule has 7 rings (SSSR count). The van der Waals surface area contributed by atoms with Crippen molar-refractivity contribution in [1.82, 2.24) is 39.9 Å². The zero-order valence-electron chi connectivity index (χ0n) is 28.8. The molecule has 53 heavy (non-hydrogen) atoms. The van der Waals surface area contributed by atoms with Crippen LogP contribution in [0, 0.1) is 0 Å². The highest BCUT2D eigenvalue weighted by atomic mass is 19.4. The van der Waals surface area contributed by atoms with Crippen LogP contribution in [0.2, 0.25) is 0 Å². The number of carbonyl (C=O) groups is 3. The van der Waals surface area contributed by atoms with E-state index in [4.69, 9.17) is 0 Å². The Labute approximate surface area is 301 Å². The summed E-state index contributed by atoms with van der Waals surface area (Å²) in [5.74, 6) is -1.07. The minimum Gasteiger partial charge on any atom is -0.350 e. The summed E-state index contributed by atoms with van der Waals surface area (Å²) in [6, 6.07) is 12.0. The number of benzene rings is 2. The molecule has 1 aliphatic heterocycles. The topological polar surface area (TPSA) is 140 Å². The summed E-state index contributed by atoms with van der Waals surface area (Å²) in [6.45, 7) is 2.75. The van der Waals surface area contributed by atoms with Crippen LogP contribution in [0.3, 0.4) is 0 Å². The van der Waals surface area contributed by atoms with Crippen LogP contribution in [-0.4, -0.2) is 66.7 Å². The number of aryl methyl sites for hydroxylation is 2. The predicted octanol–water partition coefficient (Wildman–Crippen LogP) is 5.22.